The van der Waals surface area contributed by atoms with Gasteiger partial charge in [0.2, 0.25) is 5.91 Å². The third-order valence-electron chi connectivity index (χ3n) is 2.82. The Bertz CT molecular complexity index is 342. The Morgan fingerprint density at radius 3 is 2.53 bits per heavy atom. The molecular formula is C12H21N3O4. The Kier molecular flexibility index (Phi) is 6.11. The molecule has 1 aliphatic carbocycles. The minimum atomic E-state index is -1.05. The monoisotopic (exact) mass is 271 g/mol. The number of carbonyl (C=O) groups is 3. The fraction of sp³-hybridized carbons (Fsp3) is 0.750. The van der Waals surface area contributed by atoms with E-state index in [1.54, 1.807) is 6.92 Å². The molecule has 1 fully saturated rings. The van der Waals surface area contributed by atoms with Crippen LogP contribution in [0.4, 0.5) is 4.79 Å². The zero-order valence-electron chi connectivity index (χ0n) is 11.1. The molecule has 0 aromatic rings. The highest BCUT2D eigenvalue weighted by Gasteiger charge is 2.22. The van der Waals surface area contributed by atoms with Crippen molar-refractivity contribution in [2.45, 2.75) is 51.1 Å². The number of rotatable bonds is 8. The molecule has 0 saturated heterocycles. The standard InChI is InChI=1S/C12H21N3O4/c1-2-9(11(17)18)15-12(19)13-7-3-4-10(16)14-8-5-6-8/h8-9H,2-7H2,1H3,(H,14,16)(H,17,18)(H2,13,15,19). The lowest BCUT2D eigenvalue weighted by Gasteiger charge is -2.13. The normalized spacial score (nSPS) is 15.4. The van der Waals surface area contributed by atoms with E-state index in [2.05, 4.69) is 16.0 Å². The summed E-state index contributed by atoms with van der Waals surface area (Å²) in [5.74, 6) is -1.05. The van der Waals surface area contributed by atoms with E-state index >= 15 is 0 Å². The highest BCUT2D eigenvalue weighted by Crippen LogP contribution is 2.18. The van der Waals surface area contributed by atoms with Gasteiger partial charge in [-0.2, -0.15) is 0 Å². The molecule has 0 heterocycles. The second kappa shape index (κ2) is 7.60. The van der Waals surface area contributed by atoms with Crippen LogP contribution in [0.15, 0.2) is 0 Å². The first-order valence-electron chi connectivity index (χ1n) is 6.59. The van der Waals surface area contributed by atoms with Crippen molar-refractivity contribution in [2.75, 3.05) is 6.54 Å². The van der Waals surface area contributed by atoms with Crippen LogP contribution in [-0.4, -0.2) is 41.6 Å². The lowest BCUT2D eigenvalue weighted by Crippen LogP contribution is -2.46. The predicted octanol–water partition coefficient (Wildman–Crippen LogP) is 0.208. The summed E-state index contributed by atoms with van der Waals surface area (Å²) in [6.07, 6.45) is 3.34. The van der Waals surface area contributed by atoms with Crippen LogP contribution < -0.4 is 16.0 Å². The van der Waals surface area contributed by atoms with Crippen LogP contribution in [0.5, 0.6) is 0 Å². The van der Waals surface area contributed by atoms with Gasteiger partial charge in [-0.05, 0) is 25.7 Å². The maximum absolute atomic E-state index is 11.4. The Hall–Kier alpha value is -1.79. The number of aliphatic carboxylic acids is 1. The van der Waals surface area contributed by atoms with E-state index in [1.807, 2.05) is 0 Å². The third-order valence-corrected chi connectivity index (χ3v) is 2.82. The molecule has 0 aliphatic heterocycles. The van der Waals surface area contributed by atoms with Crippen LogP contribution in [0, 0.1) is 0 Å². The average Bonchev–Trinajstić information content (AvgIpc) is 3.15. The minimum Gasteiger partial charge on any atom is -0.480 e. The summed E-state index contributed by atoms with van der Waals surface area (Å²) in [4.78, 5) is 33.4. The van der Waals surface area contributed by atoms with Gasteiger partial charge in [-0.15, -0.1) is 0 Å². The molecule has 7 nitrogen and oxygen atoms in total. The van der Waals surface area contributed by atoms with E-state index in [9.17, 15) is 14.4 Å². The Morgan fingerprint density at radius 2 is 2.00 bits per heavy atom. The van der Waals surface area contributed by atoms with Crippen molar-refractivity contribution < 1.29 is 19.5 Å². The van der Waals surface area contributed by atoms with Gasteiger partial charge in [0, 0.05) is 19.0 Å². The van der Waals surface area contributed by atoms with Gasteiger partial charge in [0.15, 0.2) is 0 Å². The maximum atomic E-state index is 11.4. The summed E-state index contributed by atoms with van der Waals surface area (Å²) < 4.78 is 0. The third kappa shape index (κ3) is 6.64. The molecule has 0 aromatic heterocycles. The molecule has 1 atom stereocenters. The molecule has 1 rings (SSSR count). The fourth-order valence-electron chi connectivity index (χ4n) is 1.53. The van der Waals surface area contributed by atoms with E-state index in [1.165, 1.54) is 0 Å². The first kappa shape index (κ1) is 15.3. The number of carboxylic acids is 1. The summed E-state index contributed by atoms with van der Waals surface area (Å²) in [5, 5.41) is 16.5. The number of hydrogen-bond acceptors (Lipinski definition) is 3. The van der Waals surface area contributed by atoms with Gasteiger partial charge < -0.3 is 21.1 Å². The summed E-state index contributed by atoms with van der Waals surface area (Å²) in [6, 6.07) is -1.04. The van der Waals surface area contributed by atoms with Crippen LogP contribution in [0.2, 0.25) is 0 Å². The van der Waals surface area contributed by atoms with E-state index in [0.717, 1.165) is 12.8 Å². The topological polar surface area (TPSA) is 108 Å². The van der Waals surface area contributed by atoms with Gasteiger partial charge in [0.05, 0.1) is 0 Å². The first-order chi connectivity index (χ1) is 9.02. The van der Waals surface area contributed by atoms with Gasteiger partial charge in [-0.25, -0.2) is 9.59 Å². The molecule has 0 spiro atoms. The van der Waals surface area contributed by atoms with Crippen LogP contribution >= 0.6 is 0 Å². The van der Waals surface area contributed by atoms with Crippen molar-refractivity contribution in [3.63, 3.8) is 0 Å². The summed E-state index contributed by atoms with van der Waals surface area (Å²) >= 11 is 0. The molecule has 1 saturated carbocycles. The van der Waals surface area contributed by atoms with Crippen molar-refractivity contribution in [1.82, 2.24) is 16.0 Å². The van der Waals surface area contributed by atoms with Crippen LogP contribution in [0.1, 0.15) is 39.0 Å². The number of hydrogen-bond donors (Lipinski definition) is 4. The quantitative estimate of drug-likeness (QED) is 0.473. The molecule has 19 heavy (non-hydrogen) atoms. The first-order valence-corrected chi connectivity index (χ1v) is 6.59. The minimum absolute atomic E-state index is 0.00155. The number of carbonyl (C=O) groups excluding carboxylic acids is 2. The smallest absolute Gasteiger partial charge is 0.326 e. The molecule has 7 heteroatoms. The zero-order valence-corrected chi connectivity index (χ0v) is 11.1. The van der Waals surface area contributed by atoms with Gasteiger partial charge in [-0.3, -0.25) is 4.79 Å². The lowest BCUT2D eigenvalue weighted by atomic mass is 10.2. The van der Waals surface area contributed by atoms with Gasteiger partial charge in [0.25, 0.3) is 0 Å². The van der Waals surface area contributed by atoms with Crippen molar-refractivity contribution in [3.05, 3.63) is 0 Å². The Morgan fingerprint density at radius 1 is 1.32 bits per heavy atom. The van der Waals surface area contributed by atoms with Crippen molar-refractivity contribution in [2.24, 2.45) is 0 Å². The zero-order chi connectivity index (χ0) is 14.3. The summed E-state index contributed by atoms with van der Waals surface area (Å²) in [5.41, 5.74) is 0. The number of nitrogens with one attached hydrogen (secondary N) is 3. The van der Waals surface area contributed by atoms with Gasteiger partial charge in [-0.1, -0.05) is 6.92 Å². The van der Waals surface area contributed by atoms with Gasteiger partial charge in [0.1, 0.15) is 6.04 Å². The number of amides is 3. The average molecular weight is 271 g/mol. The second-order valence-electron chi connectivity index (χ2n) is 4.64. The molecular weight excluding hydrogens is 250 g/mol. The largest absolute Gasteiger partial charge is 0.480 e. The van der Waals surface area contributed by atoms with E-state index < -0.39 is 18.0 Å². The fourth-order valence-corrected chi connectivity index (χ4v) is 1.53. The van der Waals surface area contributed by atoms with E-state index in [0.29, 0.717) is 31.8 Å². The van der Waals surface area contributed by atoms with Crippen molar-refractivity contribution in [1.29, 1.82) is 0 Å². The lowest BCUT2D eigenvalue weighted by molar-refractivity contribution is -0.139. The number of carboxylic acid groups (broad SMARTS) is 1. The summed E-state index contributed by atoms with van der Waals surface area (Å²) in [6.45, 7) is 2.03. The molecule has 3 amide bonds. The van der Waals surface area contributed by atoms with E-state index in [4.69, 9.17) is 5.11 Å². The second-order valence-corrected chi connectivity index (χ2v) is 4.64. The van der Waals surface area contributed by atoms with Crippen molar-refractivity contribution >= 4 is 17.9 Å². The van der Waals surface area contributed by atoms with E-state index in [-0.39, 0.29) is 5.91 Å². The van der Waals surface area contributed by atoms with Crippen LogP contribution in [0.25, 0.3) is 0 Å². The summed E-state index contributed by atoms with van der Waals surface area (Å²) in [7, 11) is 0. The van der Waals surface area contributed by atoms with Gasteiger partial charge >= 0.3 is 12.0 Å². The highest BCUT2D eigenvalue weighted by molar-refractivity contribution is 5.82. The molecule has 0 radical (unpaired) electrons. The Balaban J connectivity index is 2.05. The molecule has 0 aromatic carbocycles. The SMILES string of the molecule is CCC(NC(=O)NCCCC(=O)NC1CC1)C(=O)O. The molecule has 1 aliphatic rings. The highest BCUT2D eigenvalue weighted by atomic mass is 16.4. The molecule has 0 bridgehead atoms. The van der Waals surface area contributed by atoms with Crippen LogP contribution in [-0.2, 0) is 9.59 Å². The van der Waals surface area contributed by atoms with Crippen molar-refractivity contribution in [3.8, 4) is 0 Å². The Labute approximate surface area is 112 Å². The molecule has 4 N–H and O–H groups in total. The molecule has 108 valence electrons. The maximum Gasteiger partial charge on any atom is 0.326 e. The molecule has 1 unspecified atom stereocenters. The predicted molar refractivity (Wildman–Crippen MR) is 68.6 cm³/mol. The number of urea groups is 1. The van der Waals surface area contributed by atoms with Crippen LogP contribution in [0.3, 0.4) is 0 Å².